The van der Waals surface area contributed by atoms with Crippen LogP contribution in [0.25, 0.3) is 16.1 Å². The van der Waals surface area contributed by atoms with Crippen molar-refractivity contribution in [2.24, 2.45) is 5.41 Å². The fourth-order valence-electron chi connectivity index (χ4n) is 3.47. The van der Waals surface area contributed by atoms with E-state index in [0.717, 1.165) is 41.4 Å². The molecule has 0 spiro atoms. The van der Waals surface area contributed by atoms with Crippen LogP contribution in [-0.4, -0.2) is 38.3 Å². The van der Waals surface area contributed by atoms with E-state index in [1.54, 1.807) is 6.20 Å². The number of amides is 1. The molecule has 4 aromatic rings. The summed E-state index contributed by atoms with van der Waals surface area (Å²) in [5, 5.41) is 7.46. The first-order valence-electron chi connectivity index (χ1n) is 9.48. The van der Waals surface area contributed by atoms with Crippen molar-refractivity contribution >= 4 is 22.9 Å². The number of hydrogen-bond donors (Lipinski definition) is 1. The Kier molecular flexibility index (Phi) is 4.44. The number of hydrogen-bond acceptors (Lipinski definition) is 5. The Labute approximate surface area is 172 Å². The molecule has 0 saturated carbocycles. The van der Waals surface area contributed by atoms with Gasteiger partial charge in [0.1, 0.15) is 5.65 Å². The third-order valence-corrected chi connectivity index (χ3v) is 6.23. The molecule has 0 radical (unpaired) electrons. The topological polar surface area (TPSA) is 73.5 Å². The van der Waals surface area contributed by atoms with Crippen molar-refractivity contribution in [3.8, 4) is 10.4 Å². The normalized spacial score (nSPS) is 15.3. The van der Waals surface area contributed by atoms with E-state index < -0.39 is 0 Å². The molecule has 1 aliphatic heterocycles. The van der Waals surface area contributed by atoms with Crippen LogP contribution in [-0.2, 0) is 17.8 Å². The lowest BCUT2D eigenvalue weighted by Crippen LogP contribution is -2.43. The lowest BCUT2D eigenvalue weighted by molar-refractivity contribution is -0.111. The number of thiophene rings is 1. The number of nitrogens with one attached hydrogen (secondary N) is 1. The van der Waals surface area contributed by atoms with Crippen LogP contribution in [0, 0.1) is 5.41 Å². The van der Waals surface area contributed by atoms with Gasteiger partial charge in [-0.3, -0.25) is 9.48 Å². The average Bonchev–Trinajstić information content (AvgIpc) is 3.44. The first-order chi connectivity index (χ1) is 14.1. The Morgan fingerprint density at radius 3 is 3.00 bits per heavy atom. The smallest absolute Gasteiger partial charge is 0.261 e. The van der Waals surface area contributed by atoms with Gasteiger partial charge in [0.2, 0.25) is 0 Å². The zero-order chi connectivity index (χ0) is 19.8. The Bertz CT molecular complexity index is 1170. The second-order valence-corrected chi connectivity index (χ2v) is 8.89. The standard InChI is InChI=1S/C21H21N5O2S/c1-21(13-28-14-21)12-26-11-16(9-24-26)17-3-4-18(29-17)20(27)23-8-15-2-5-19-22-6-7-25(19)10-15/h2-7,9-11H,8,12-14H2,1H3,(H,23,27). The number of nitrogens with zero attached hydrogens (tertiary/aromatic N) is 4. The molecule has 148 valence electrons. The second kappa shape index (κ2) is 7.13. The molecule has 7 nitrogen and oxygen atoms in total. The maximum atomic E-state index is 12.6. The van der Waals surface area contributed by atoms with Crippen molar-refractivity contribution in [1.82, 2.24) is 24.5 Å². The first kappa shape index (κ1) is 18.1. The van der Waals surface area contributed by atoms with Gasteiger partial charge in [-0.1, -0.05) is 13.0 Å². The Morgan fingerprint density at radius 2 is 2.17 bits per heavy atom. The fraction of sp³-hybridized carbons (Fsp3) is 0.286. The van der Waals surface area contributed by atoms with Crippen LogP contribution >= 0.6 is 11.3 Å². The molecule has 5 rings (SSSR count). The van der Waals surface area contributed by atoms with E-state index >= 15 is 0 Å². The molecule has 0 bridgehead atoms. The zero-order valence-corrected chi connectivity index (χ0v) is 16.9. The monoisotopic (exact) mass is 407 g/mol. The second-order valence-electron chi connectivity index (χ2n) is 7.81. The van der Waals surface area contributed by atoms with Gasteiger partial charge in [-0.25, -0.2) is 4.98 Å². The lowest BCUT2D eigenvalue weighted by Gasteiger charge is -2.37. The molecule has 1 N–H and O–H groups in total. The highest BCUT2D eigenvalue weighted by Gasteiger charge is 2.34. The van der Waals surface area contributed by atoms with Crippen LogP contribution in [0.1, 0.15) is 22.2 Å². The summed E-state index contributed by atoms with van der Waals surface area (Å²) >= 11 is 1.48. The maximum absolute atomic E-state index is 12.6. The number of pyridine rings is 1. The van der Waals surface area contributed by atoms with Gasteiger partial charge < -0.3 is 14.5 Å². The molecule has 0 atom stereocenters. The van der Waals surface area contributed by atoms with Gasteiger partial charge in [-0.05, 0) is 23.8 Å². The molecule has 1 fully saturated rings. The Hall–Kier alpha value is -2.97. The molecule has 0 aliphatic carbocycles. The summed E-state index contributed by atoms with van der Waals surface area (Å²) in [7, 11) is 0. The number of carbonyl (C=O) groups excluding carboxylic acids is 1. The van der Waals surface area contributed by atoms with Gasteiger partial charge in [0, 0.05) is 47.2 Å². The maximum Gasteiger partial charge on any atom is 0.261 e. The van der Waals surface area contributed by atoms with Crippen LogP contribution in [0.4, 0.5) is 0 Å². The van der Waals surface area contributed by atoms with E-state index in [2.05, 4.69) is 22.3 Å². The third kappa shape index (κ3) is 3.68. The van der Waals surface area contributed by atoms with E-state index in [9.17, 15) is 4.79 Å². The molecule has 0 aromatic carbocycles. The summed E-state index contributed by atoms with van der Waals surface area (Å²) in [6.07, 6.45) is 9.52. The number of ether oxygens (including phenoxy) is 1. The Balaban J connectivity index is 1.23. The summed E-state index contributed by atoms with van der Waals surface area (Å²) < 4.78 is 9.22. The predicted octanol–water partition coefficient (Wildman–Crippen LogP) is 3.23. The van der Waals surface area contributed by atoms with Gasteiger partial charge >= 0.3 is 0 Å². The number of aromatic nitrogens is 4. The number of carbonyl (C=O) groups is 1. The summed E-state index contributed by atoms with van der Waals surface area (Å²) in [6, 6.07) is 7.77. The van der Waals surface area contributed by atoms with Crippen molar-refractivity contribution in [2.75, 3.05) is 13.2 Å². The highest BCUT2D eigenvalue weighted by Crippen LogP contribution is 2.31. The van der Waals surface area contributed by atoms with E-state index in [-0.39, 0.29) is 11.3 Å². The number of rotatable bonds is 6. The highest BCUT2D eigenvalue weighted by molar-refractivity contribution is 7.17. The van der Waals surface area contributed by atoms with Crippen LogP contribution < -0.4 is 5.32 Å². The van der Waals surface area contributed by atoms with E-state index in [1.807, 2.05) is 58.1 Å². The van der Waals surface area contributed by atoms with Crippen LogP contribution in [0.3, 0.4) is 0 Å². The summed E-state index contributed by atoms with van der Waals surface area (Å²) in [4.78, 5) is 18.5. The van der Waals surface area contributed by atoms with Crippen LogP contribution in [0.5, 0.6) is 0 Å². The molecule has 8 heteroatoms. The van der Waals surface area contributed by atoms with E-state index in [1.165, 1.54) is 11.3 Å². The summed E-state index contributed by atoms with van der Waals surface area (Å²) in [6.45, 7) is 5.07. The first-order valence-corrected chi connectivity index (χ1v) is 10.3. The largest absolute Gasteiger partial charge is 0.380 e. The minimum absolute atomic E-state index is 0.0708. The van der Waals surface area contributed by atoms with Crippen molar-refractivity contribution in [3.05, 3.63) is 65.7 Å². The molecule has 29 heavy (non-hydrogen) atoms. The quantitative estimate of drug-likeness (QED) is 0.533. The molecule has 1 saturated heterocycles. The third-order valence-electron chi connectivity index (χ3n) is 5.10. The minimum Gasteiger partial charge on any atom is -0.380 e. The molecule has 0 unspecified atom stereocenters. The molecule has 1 amide bonds. The summed E-state index contributed by atoms with van der Waals surface area (Å²) in [5.41, 5.74) is 3.12. The van der Waals surface area contributed by atoms with Crippen molar-refractivity contribution in [2.45, 2.75) is 20.0 Å². The van der Waals surface area contributed by atoms with Gasteiger partial charge in [0.05, 0.1) is 30.8 Å². The summed E-state index contributed by atoms with van der Waals surface area (Å²) in [5.74, 6) is -0.0708. The van der Waals surface area contributed by atoms with E-state index in [0.29, 0.717) is 11.4 Å². The van der Waals surface area contributed by atoms with Crippen LogP contribution in [0.2, 0.25) is 0 Å². The van der Waals surface area contributed by atoms with Crippen LogP contribution in [0.15, 0.2) is 55.2 Å². The SMILES string of the molecule is CC1(Cn2cc(-c3ccc(C(=O)NCc4ccc5nccn5c4)s3)cn2)COC1. The van der Waals surface area contributed by atoms with Crippen molar-refractivity contribution < 1.29 is 9.53 Å². The van der Waals surface area contributed by atoms with Crippen molar-refractivity contribution in [3.63, 3.8) is 0 Å². The molecular weight excluding hydrogens is 386 g/mol. The van der Waals surface area contributed by atoms with Gasteiger partial charge in [-0.2, -0.15) is 5.10 Å². The lowest BCUT2D eigenvalue weighted by atomic mass is 9.89. The molecule has 4 aromatic heterocycles. The van der Waals surface area contributed by atoms with Crippen molar-refractivity contribution in [1.29, 1.82) is 0 Å². The average molecular weight is 407 g/mol. The fourth-order valence-corrected chi connectivity index (χ4v) is 4.36. The van der Waals surface area contributed by atoms with Gasteiger partial charge in [0.25, 0.3) is 5.91 Å². The molecular formula is C21H21N5O2S. The minimum atomic E-state index is -0.0708. The van der Waals surface area contributed by atoms with E-state index in [4.69, 9.17) is 4.74 Å². The molecule has 1 aliphatic rings. The number of fused-ring (bicyclic) bond motifs is 1. The van der Waals surface area contributed by atoms with Gasteiger partial charge in [-0.15, -0.1) is 11.3 Å². The number of imidazole rings is 1. The van der Waals surface area contributed by atoms with Gasteiger partial charge in [0.15, 0.2) is 0 Å². The predicted molar refractivity (Wildman–Crippen MR) is 111 cm³/mol. The molecule has 5 heterocycles. The highest BCUT2D eigenvalue weighted by atomic mass is 32.1. The Morgan fingerprint density at radius 1 is 1.28 bits per heavy atom. The zero-order valence-electron chi connectivity index (χ0n) is 16.0.